The van der Waals surface area contributed by atoms with Crippen LogP contribution in [0.4, 0.5) is 5.13 Å². The number of halogens is 2. The van der Waals surface area contributed by atoms with Crippen molar-refractivity contribution in [1.29, 1.82) is 0 Å². The largest absolute Gasteiger partial charge is 0.506 e. The minimum Gasteiger partial charge on any atom is -0.506 e. The Balaban J connectivity index is 2.00. The van der Waals surface area contributed by atoms with Crippen LogP contribution in [-0.2, 0) is 0 Å². The first-order valence-electron chi connectivity index (χ1n) is 5.72. The van der Waals surface area contributed by atoms with Gasteiger partial charge in [-0.15, -0.1) is 0 Å². The van der Waals surface area contributed by atoms with Crippen molar-refractivity contribution in [1.82, 2.24) is 4.98 Å². The second-order valence-corrected chi connectivity index (χ2v) is 6.73. The lowest BCUT2D eigenvalue weighted by molar-refractivity contribution is 0.470. The Bertz CT molecular complexity index is 781. The molecule has 0 bridgehead atoms. The van der Waals surface area contributed by atoms with Gasteiger partial charge in [-0.1, -0.05) is 23.5 Å². The number of fused-ring (bicyclic) bond motifs is 1. The summed E-state index contributed by atoms with van der Waals surface area (Å²) in [7, 11) is 0. The maximum atomic E-state index is 10.0. The highest BCUT2D eigenvalue weighted by atomic mass is 79.9. The summed E-state index contributed by atoms with van der Waals surface area (Å²) in [6, 6.07) is 11.5. The minimum atomic E-state index is 0.157. The number of para-hydroxylation sites is 1. The van der Waals surface area contributed by atoms with Crippen LogP contribution in [0.15, 0.2) is 50.3 Å². The van der Waals surface area contributed by atoms with Crippen molar-refractivity contribution in [2.24, 2.45) is 4.99 Å². The van der Waals surface area contributed by atoms with Gasteiger partial charge in [0.1, 0.15) is 5.75 Å². The van der Waals surface area contributed by atoms with E-state index in [1.807, 2.05) is 30.3 Å². The van der Waals surface area contributed by atoms with Crippen LogP contribution in [0, 0.1) is 0 Å². The molecule has 6 heteroatoms. The van der Waals surface area contributed by atoms with Crippen LogP contribution >= 0.6 is 43.2 Å². The Kier molecular flexibility index (Phi) is 3.87. The Labute approximate surface area is 136 Å². The average molecular weight is 412 g/mol. The fourth-order valence-corrected chi connectivity index (χ4v) is 3.29. The van der Waals surface area contributed by atoms with Crippen LogP contribution in [0.5, 0.6) is 5.75 Å². The Hall–Kier alpha value is -1.24. The maximum Gasteiger partial charge on any atom is 0.210 e. The molecule has 0 atom stereocenters. The van der Waals surface area contributed by atoms with Gasteiger partial charge >= 0.3 is 0 Å². The van der Waals surface area contributed by atoms with Crippen LogP contribution in [0.25, 0.3) is 10.2 Å². The van der Waals surface area contributed by atoms with E-state index < -0.39 is 0 Å². The van der Waals surface area contributed by atoms with E-state index in [4.69, 9.17) is 0 Å². The Morgan fingerprint density at radius 1 is 1.10 bits per heavy atom. The molecule has 0 radical (unpaired) electrons. The molecule has 0 aliphatic carbocycles. The number of aromatic hydroxyl groups is 1. The van der Waals surface area contributed by atoms with E-state index in [2.05, 4.69) is 41.8 Å². The lowest BCUT2D eigenvalue weighted by Crippen LogP contribution is -1.85. The van der Waals surface area contributed by atoms with Gasteiger partial charge in [0.15, 0.2) is 0 Å². The number of nitrogens with zero attached hydrogens (tertiary/aromatic N) is 2. The van der Waals surface area contributed by atoms with Crippen molar-refractivity contribution in [3.05, 3.63) is 50.9 Å². The molecule has 0 unspecified atom stereocenters. The molecule has 3 nitrogen and oxygen atoms in total. The van der Waals surface area contributed by atoms with Gasteiger partial charge in [0.2, 0.25) is 5.13 Å². The van der Waals surface area contributed by atoms with Gasteiger partial charge in [-0.25, -0.2) is 9.98 Å². The number of hydrogen-bond donors (Lipinski definition) is 1. The van der Waals surface area contributed by atoms with E-state index in [-0.39, 0.29) is 5.75 Å². The average Bonchev–Trinajstić information content (AvgIpc) is 2.86. The fraction of sp³-hybridized carbons (Fsp3) is 0. The second-order valence-electron chi connectivity index (χ2n) is 4.01. The molecule has 0 aliphatic rings. The molecule has 0 fully saturated rings. The van der Waals surface area contributed by atoms with Gasteiger partial charge in [0.25, 0.3) is 0 Å². The van der Waals surface area contributed by atoms with Crippen molar-refractivity contribution in [3.63, 3.8) is 0 Å². The maximum absolute atomic E-state index is 10.0. The van der Waals surface area contributed by atoms with Crippen LogP contribution in [0.2, 0.25) is 0 Å². The molecular formula is C14H8Br2N2OS. The van der Waals surface area contributed by atoms with Gasteiger partial charge in [0.05, 0.1) is 20.3 Å². The van der Waals surface area contributed by atoms with Gasteiger partial charge in [-0.05, 0) is 56.1 Å². The standard InChI is InChI=1S/C14H8Br2N2OS/c15-9-5-6-10(16)13(19)8(9)7-17-14-18-11-3-1-2-4-12(11)20-14/h1-7,19H. The summed E-state index contributed by atoms with van der Waals surface area (Å²) in [4.78, 5) is 8.77. The number of phenols is 1. The molecule has 0 spiro atoms. The quantitative estimate of drug-likeness (QED) is 0.583. The minimum absolute atomic E-state index is 0.157. The lowest BCUT2D eigenvalue weighted by Gasteiger charge is -2.03. The van der Waals surface area contributed by atoms with E-state index in [0.717, 1.165) is 14.7 Å². The number of thiazole rings is 1. The monoisotopic (exact) mass is 410 g/mol. The fourth-order valence-electron chi connectivity index (χ4n) is 1.71. The topological polar surface area (TPSA) is 45.5 Å². The van der Waals surface area contributed by atoms with Crippen LogP contribution < -0.4 is 0 Å². The number of rotatable bonds is 2. The van der Waals surface area contributed by atoms with E-state index in [9.17, 15) is 5.11 Å². The zero-order valence-corrected chi connectivity index (χ0v) is 14.0. The highest BCUT2D eigenvalue weighted by Crippen LogP contribution is 2.33. The second kappa shape index (κ2) is 5.63. The van der Waals surface area contributed by atoms with E-state index in [1.165, 1.54) is 11.3 Å². The van der Waals surface area contributed by atoms with Crippen LogP contribution in [0.3, 0.4) is 0 Å². The highest BCUT2D eigenvalue weighted by molar-refractivity contribution is 9.11. The number of benzene rings is 2. The summed E-state index contributed by atoms with van der Waals surface area (Å²) in [5.41, 5.74) is 1.56. The van der Waals surface area contributed by atoms with Crippen molar-refractivity contribution >= 4 is 64.8 Å². The highest BCUT2D eigenvalue weighted by Gasteiger charge is 2.08. The number of hydrogen-bond acceptors (Lipinski definition) is 4. The van der Waals surface area contributed by atoms with Crippen molar-refractivity contribution < 1.29 is 5.11 Å². The smallest absolute Gasteiger partial charge is 0.210 e. The molecule has 1 aromatic heterocycles. The zero-order valence-electron chi connectivity index (χ0n) is 10.0. The third-order valence-corrected chi connectivity index (χ3v) is 4.98. The predicted molar refractivity (Wildman–Crippen MR) is 90.4 cm³/mol. The van der Waals surface area contributed by atoms with Crippen molar-refractivity contribution in [3.8, 4) is 5.75 Å². The molecule has 1 N–H and O–H groups in total. The van der Waals surface area contributed by atoms with Gasteiger partial charge in [-0.3, -0.25) is 0 Å². The van der Waals surface area contributed by atoms with Crippen molar-refractivity contribution in [2.45, 2.75) is 0 Å². The first-order chi connectivity index (χ1) is 9.65. The summed E-state index contributed by atoms with van der Waals surface area (Å²) in [6.07, 6.45) is 1.61. The van der Waals surface area contributed by atoms with E-state index in [0.29, 0.717) is 15.2 Å². The molecule has 0 saturated carbocycles. The molecule has 100 valence electrons. The van der Waals surface area contributed by atoms with Crippen molar-refractivity contribution in [2.75, 3.05) is 0 Å². The molecule has 20 heavy (non-hydrogen) atoms. The van der Waals surface area contributed by atoms with Gasteiger partial charge in [-0.2, -0.15) is 0 Å². The Morgan fingerprint density at radius 3 is 2.65 bits per heavy atom. The summed E-state index contributed by atoms with van der Waals surface area (Å²) in [5, 5.41) is 10.7. The molecule has 0 aliphatic heterocycles. The molecule has 0 saturated heterocycles. The SMILES string of the molecule is Oc1c(Br)ccc(Br)c1C=Nc1nc2ccccc2s1. The first-order valence-corrected chi connectivity index (χ1v) is 8.12. The third kappa shape index (κ3) is 2.63. The van der Waals surface area contributed by atoms with Gasteiger partial charge in [0, 0.05) is 10.7 Å². The van der Waals surface area contributed by atoms with Crippen LogP contribution in [-0.4, -0.2) is 16.3 Å². The van der Waals surface area contributed by atoms with Crippen LogP contribution in [0.1, 0.15) is 5.56 Å². The lowest BCUT2D eigenvalue weighted by atomic mass is 10.2. The summed E-state index contributed by atoms with van der Waals surface area (Å²) < 4.78 is 2.51. The van der Waals surface area contributed by atoms with E-state index in [1.54, 1.807) is 12.3 Å². The first kappa shape index (κ1) is 13.7. The summed E-state index contributed by atoms with van der Waals surface area (Å²) in [5.74, 6) is 0.157. The number of phenolic OH excluding ortho intramolecular Hbond substituents is 1. The molecular weight excluding hydrogens is 404 g/mol. The summed E-state index contributed by atoms with van der Waals surface area (Å²) in [6.45, 7) is 0. The third-order valence-electron chi connectivity index (χ3n) is 2.70. The normalized spacial score (nSPS) is 11.5. The molecule has 3 aromatic rings. The molecule has 1 heterocycles. The predicted octanol–water partition coefficient (Wildman–Crippen LogP) is 5.28. The molecule has 0 amide bonds. The Morgan fingerprint density at radius 2 is 1.85 bits per heavy atom. The number of aromatic nitrogens is 1. The van der Waals surface area contributed by atoms with Gasteiger partial charge < -0.3 is 5.11 Å². The molecule has 2 aromatic carbocycles. The number of aliphatic imine (C=N–C) groups is 1. The zero-order chi connectivity index (χ0) is 14.1. The summed E-state index contributed by atoms with van der Waals surface area (Å²) >= 11 is 8.20. The molecule has 3 rings (SSSR count). The van der Waals surface area contributed by atoms with E-state index >= 15 is 0 Å².